The molecule has 2 aromatic rings. The van der Waals surface area contributed by atoms with E-state index in [1.165, 1.54) is 0 Å². The monoisotopic (exact) mass is 237 g/mol. The van der Waals surface area contributed by atoms with Crippen LogP contribution in [0.4, 0.5) is 5.69 Å². The summed E-state index contributed by atoms with van der Waals surface area (Å²) in [6.07, 6.45) is 0. The van der Waals surface area contributed by atoms with Crippen LogP contribution in [0.3, 0.4) is 0 Å². The number of halogens is 1. The van der Waals surface area contributed by atoms with Gasteiger partial charge in [-0.2, -0.15) is 0 Å². The van der Waals surface area contributed by atoms with E-state index in [9.17, 15) is 0 Å². The van der Waals surface area contributed by atoms with E-state index < -0.39 is 0 Å². The summed E-state index contributed by atoms with van der Waals surface area (Å²) < 4.78 is 0. The minimum absolute atomic E-state index is 0.146. The molecule has 0 aliphatic carbocycles. The SMILES string of the molecule is Nc1ccccc1O.Oc1ccc(Cl)cc1. The van der Waals surface area contributed by atoms with Crippen LogP contribution >= 0.6 is 11.6 Å². The molecular formula is C12H12ClNO2. The van der Waals surface area contributed by atoms with Gasteiger partial charge in [0.2, 0.25) is 0 Å². The maximum Gasteiger partial charge on any atom is 0.138 e. The van der Waals surface area contributed by atoms with Crippen molar-refractivity contribution >= 4 is 17.3 Å². The Morgan fingerprint density at radius 1 is 0.875 bits per heavy atom. The first-order valence-electron chi connectivity index (χ1n) is 4.57. The molecule has 0 amide bonds. The number of hydrogen-bond donors (Lipinski definition) is 3. The smallest absolute Gasteiger partial charge is 0.138 e. The second-order valence-electron chi connectivity index (χ2n) is 3.04. The first-order valence-corrected chi connectivity index (χ1v) is 4.95. The van der Waals surface area contributed by atoms with Crippen molar-refractivity contribution in [3.63, 3.8) is 0 Å². The predicted molar refractivity (Wildman–Crippen MR) is 65.6 cm³/mol. The van der Waals surface area contributed by atoms with Crippen LogP contribution < -0.4 is 5.73 Å². The van der Waals surface area contributed by atoms with Gasteiger partial charge in [0.15, 0.2) is 0 Å². The molecule has 0 aliphatic heterocycles. The standard InChI is InChI=1S/C6H5ClO.C6H7NO/c7-5-1-3-6(8)4-2-5;7-5-3-1-2-4-6(5)8/h1-4,8H;1-4,8H,7H2. The van der Waals surface area contributed by atoms with Crippen LogP contribution in [0.25, 0.3) is 0 Å². The Morgan fingerprint density at radius 2 is 1.44 bits per heavy atom. The summed E-state index contributed by atoms with van der Waals surface area (Å²) in [6.45, 7) is 0. The average molecular weight is 238 g/mol. The number of phenolic OH excluding ortho intramolecular Hbond substituents is 2. The van der Waals surface area contributed by atoms with Gasteiger partial charge in [0, 0.05) is 5.02 Å². The fourth-order valence-corrected chi connectivity index (χ4v) is 1.05. The minimum Gasteiger partial charge on any atom is -0.508 e. The summed E-state index contributed by atoms with van der Waals surface area (Å²) in [4.78, 5) is 0. The van der Waals surface area contributed by atoms with E-state index >= 15 is 0 Å². The van der Waals surface area contributed by atoms with Crippen LogP contribution in [0.15, 0.2) is 48.5 Å². The van der Waals surface area contributed by atoms with Crippen molar-refractivity contribution in [2.75, 3.05) is 5.73 Å². The number of nitrogens with two attached hydrogens (primary N) is 1. The molecule has 84 valence electrons. The van der Waals surface area contributed by atoms with Gasteiger partial charge in [0.25, 0.3) is 0 Å². The van der Waals surface area contributed by atoms with Gasteiger partial charge in [-0.1, -0.05) is 23.7 Å². The molecule has 0 heterocycles. The van der Waals surface area contributed by atoms with Gasteiger partial charge in [-0.3, -0.25) is 0 Å². The van der Waals surface area contributed by atoms with Crippen molar-refractivity contribution in [2.24, 2.45) is 0 Å². The molecule has 0 atom stereocenters. The summed E-state index contributed by atoms with van der Waals surface area (Å²) >= 11 is 5.50. The molecule has 2 rings (SSSR count). The highest BCUT2D eigenvalue weighted by Crippen LogP contribution is 2.16. The highest BCUT2D eigenvalue weighted by atomic mass is 35.5. The molecule has 16 heavy (non-hydrogen) atoms. The first kappa shape index (κ1) is 12.2. The molecule has 0 bridgehead atoms. The topological polar surface area (TPSA) is 66.5 Å². The summed E-state index contributed by atoms with van der Waals surface area (Å²) in [6, 6.07) is 13.1. The Morgan fingerprint density at radius 3 is 1.81 bits per heavy atom. The fourth-order valence-electron chi connectivity index (χ4n) is 0.929. The second kappa shape index (κ2) is 5.88. The average Bonchev–Trinajstić information content (AvgIpc) is 2.28. The minimum atomic E-state index is 0.146. The summed E-state index contributed by atoms with van der Waals surface area (Å²) in [5.74, 6) is 0.391. The Kier molecular flexibility index (Phi) is 4.48. The van der Waals surface area contributed by atoms with Crippen molar-refractivity contribution in [1.29, 1.82) is 0 Å². The van der Waals surface area contributed by atoms with Gasteiger partial charge in [0.1, 0.15) is 11.5 Å². The van der Waals surface area contributed by atoms with Crippen LogP contribution in [0.2, 0.25) is 5.02 Å². The van der Waals surface area contributed by atoms with Gasteiger partial charge in [0.05, 0.1) is 5.69 Å². The summed E-state index contributed by atoms with van der Waals surface area (Å²) in [7, 11) is 0. The Balaban J connectivity index is 0.000000160. The highest BCUT2D eigenvalue weighted by Gasteiger charge is 1.87. The molecule has 3 nitrogen and oxygen atoms in total. The van der Waals surface area contributed by atoms with Crippen LogP contribution in [0, 0.1) is 0 Å². The predicted octanol–water partition coefficient (Wildman–Crippen LogP) is 3.02. The van der Waals surface area contributed by atoms with E-state index in [2.05, 4.69) is 0 Å². The number of anilines is 1. The molecule has 4 N–H and O–H groups in total. The van der Waals surface area contributed by atoms with Crippen LogP contribution in [0.1, 0.15) is 0 Å². The van der Waals surface area contributed by atoms with Crippen LogP contribution in [0.5, 0.6) is 11.5 Å². The molecule has 0 fully saturated rings. The van der Waals surface area contributed by atoms with Crippen molar-refractivity contribution in [3.05, 3.63) is 53.6 Å². The maximum absolute atomic E-state index is 8.79. The summed E-state index contributed by atoms with van der Waals surface area (Å²) in [5, 5.41) is 18.1. The molecule has 0 saturated carbocycles. The van der Waals surface area contributed by atoms with Crippen molar-refractivity contribution in [2.45, 2.75) is 0 Å². The van der Waals surface area contributed by atoms with E-state index in [-0.39, 0.29) is 11.5 Å². The van der Waals surface area contributed by atoms with Gasteiger partial charge in [-0.15, -0.1) is 0 Å². The lowest BCUT2D eigenvalue weighted by Gasteiger charge is -1.92. The van der Waals surface area contributed by atoms with E-state index in [1.807, 2.05) is 0 Å². The third-order valence-electron chi connectivity index (χ3n) is 1.76. The highest BCUT2D eigenvalue weighted by molar-refractivity contribution is 6.30. The van der Waals surface area contributed by atoms with Crippen molar-refractivity contribution < 1.29 is 10.2 Å². The van der Waals surface area contributed by atoms with Crippen LogP contribution in [-0.2, 0) is 0 Å². The maximum atomic E-state index is 8.79. The number of aromatic hydroxyl groups is 2. The third kappa shape index (κ3) is 4.11. The number of para-hydroxylation sites is 2. The summed E-state index contributed by atoms with van der Waals surface area (Å²) in [5.41, 5.74) is 5.69. The lowest BCUT2D eigenvalue weighted by atomic mass is 10.3. The lowest BCUT2D eigenvalue weighted by Crippen LogP contribution is -1.82. The zero-order valence-corrected chi connectivity index (χ0v) is 9.22. The lowest BCUT2D eigenvalue weighted by molar-refractivity contribution is 0.475. The second-order valence-corrected chi connectivity index (χ2v) is 3.47. The van der Waals surface area contributed by atoms with Crippen molar-refractivity contribution in [3.8, 4) is 11.5 Å². The number of hydrogen-bond acceptors (Lipinski definition) is 3. The Bertz CT molecular complexity index is 401. The first-order chi connectivity index (χ1) is 7.59. The molecule has 0 radical (unpaired) electrons. The number of phenols is 2. The Labute approximate surface area is 98.7 Å². The third-order valence-corrected chi connectivity index (χ3v) is 2.02. The number of rotatable bonds is 0. The molecular weight excluding hydrogens is 226 g/mol. The van der Waals surface area contributed by atoms with E-state index in [1.54, 1.807) is 48.5 Å². The fraction of sp³-hybridized carbons (Fsp3) is 0. The molecule has 0 spiro atoms. The van der Waals surface area contributed by atoms with E-state index in [4.69, 9.17) is 27.5 Å². The van der Waals surface area contributed by atoms with Crippen molar-refractivity contribution in [1.82, 2.24) is 0 Å². The zero-order chi connectivity index (χ0) is 12.0. The molecule has 0 aliphatic rings. The van der Waals surface area contributed by atoms with Gasteiger partial charge in [-0.25, -0.2) is 0 Å². The molecule has 2 aromatic carbocycles. The molecule has 0 aromatic heterocycles. The number of benzene rings is 2. The zero-order valence-electron chi connectivity index (χ0n) is 8.47. The van der Waals surface area contributed by atoms with Gasteiger partial charge >= 0.3 is 0 Å². The van der Waals surface area contributed by atoms with Gasteiger partial charge in [-0.05, 0) is 36.4 Å². The molecule has 4 heteroatoms. The molecule has 0 unspecified atom stereocenters. The quantitative estimate of drug-likeness (QED) is 0.487. The molecule has 0 saturated heterocycles. The van der Waals surface area contributed by atoms with Crippen LogP contribution in [-0.4, -0.2) is 10.2 Å². The van der Waals surface area contributed by atoms with Gasteiger partial charge < -0.3 is 15.9 Å². The Hall–Kier alpha value is -1.87. The largest absolute Gasteiger partial charge is 0.508 e. The van der Waals surface area contributed by atoms with E-state index in [0.29, 0.717) is 10.7 Å². The number of nitrogen functional groups attached to an aromatic ring is 1. The normalized spacial score (nSPS) is 9.06. The van der Waals surface area contributed by atoms with E-state index in [0.717, 1.165) is 0 Å².